The Balaban J connectivity index is 1.52. The molecular formula is C20H26N2O3S. The second-order valence-electron chi connectivity index (χ2n) is 6.44. The fraction of sp³-hybridized carbons (Fsp3) is 0.450. The Morgan fingerprint density at radius 1 is 1.23 bits per heavy atom. The van der Waals surface area contributed by atoms with Crippen molar-refractivity contribution < 1.29 is 14.3 Å². The van der Waals surface area contributed by atoms with Crippen LogP contribution in [0.3, 0.4) is 0 Å². The van der Waals surface area contributed by atoms with E-state index in [1.165, 1.54) is 24.8 Å². The maximum Gasteiger partial charge on any atom is 0.258 e. The fourth-order valence-corrected chi connectivity index (χ4v) is 3.96. The average molecular weight is 375 g/mol. The van der Waals surface area contributed by atoms with E-state index in [9.17, 15) is 4.79 Å². The predicted octanol–water partition coefficient (Wildman–Crippen LogP) is 3.48. The van der Waals surface area contributed by atoms with Crippen molar-refractivity contribution in [3.05, 3.63) is 46.7 Å². The molecule has 0 spiro atoms. The summed E-state index contributed by atoms with van der Waals surface area (Å²) in [4.78, 5) is 14.7. The Morgan fingerprint density at radius 3 is 2.77 bits per heavy atom. The maximum atomic E-state index is 12.2. The summed E-state index contributed by atoms with van der Waals surface area (Å²) < 4.78 is 10.7. The number of amides is 1. The lowest BCUT2D eigenvalue weighted by Crippen LogP contribution is -2.41. The van der Waals surface area contributed by atoms with Crippen molar-refractivity contribution in [2.75, 3.05) is 33.4 Å². The molecule has 1 N–H and O–H groups in total. The molecule has 2 aromatic rings. The van der Waals surface area contributed by atoms with Gasteiger partial charge in [0, 0.05) is 12.6 Å². The second kappa shape index (κ2) is 9.59. The third-order valence-corrected chi connectivity index (χ3v) is 5.36. The molecule has 1 saturated heterocycles. The largest absolute Gasteiger partial charge is 0.497 e. The van der Waals surface area contributed by atoms with Gasteiger partial charge >= 0.3 is 0 Å². The molecule has 1 atom stereocenters. The Bertz CT molecular complexity index is 684. The quantitative estimate of drug-likeness (QED) is 0.769. The minimum atomic E-state index is -0.106. The lowest BCUT2D eigenvalue weighted by molar-refractivity contribution is -0.123. The molecule has 6 heteroatoms. The van der Waals surface area contributed by atoms with Crippen molar-refractivity contribution in [3.8, 4) is 11.5 Å². The van der Waals surface area contributed by atoms with Crippen molar-refractivity contribution in [3.63, 3.8) is 0 Å². The zero-order valence-corrected chi connectivity index (χ0v) is 16.0. The lowest BCUT2D eigenvalue weighted by atomic mass is 10.0. The highest BCUT2D eigenvalue weighted by Gasteiger charge is 2.23. The highest BCUT2D eigenvalue weighted by atomic mass is 32.1. The molecule has 1 aliphatic rings. The van der Waals surface area contributed by atoms with Gasteiger partial charge in [-0.3, -0.25) is 9.69 Å². The van der Waals surface area contributed by atoms with Gasteiger partial charge in [0.25, 0.3) is 5.91 Å². The Labute approximate surface area is 158 Å². The van der Waals surface area contributed by atoms with Gasteiger partial charge in [-0.1, -0.05) is 12.5 Å². The number of carbonyl (C=O) groups excluding carboxylic acids is 1. The Kier molecular flexibility index (Phi) is 6.91. The number of thiophene rings is 1. The molecule has 140 valence electrons. The Hall–Kier alpha value is -2.05. The molecule has 26 heavy (non-hydrogen) atoms. The van der Waals surface area contributed by atoms with Crippen LogP contribution in [0.1, 0.15) is 30.9 Å². The highest BCUT2D eigenvalue weighted by molar-refractivity contribution is 7.07. The standard InChI is InChI=1S/C20H26N2O3S/c1-24-17-6-5-7-18(12-17)25-14-20(23)21-13-19(16-8-11-26-15-16)22-9-3-2-4-10-22/h5-8,11-12,15,19H,2-4,9-10,13-14H2,1H3,(H,21,23). The summed E-state index contributed by atoms with van der Waals surface area (Å²) in [6.07, 6.45) is 3.76. The van der Waals surface area contributed by atoms with E-state index >= 15 is 0 Å². The number of likely N-dealkylation sites (tertiary alicyclic amines) is 1. The molecule has 1 amide bonds. The second-order valence-corrected chi connectivity index (χ2v) is 7.22. The molecule has 0 radical (unpaired) electrons. The van der Waals surface area contributed by atoms with E-state index in [1.54, 1.807) is 24.5 Å². The number of nitrogens with zero attached hydrogens (tertiary/aromatic N) is 1. The van der Waals surface area contributed by atoms with Crippen molar-refractivity contribution in [2.24, 2.45) is 0 Å². The van der Waals surface area contributed by atoms with Crippen molar-refractivity contribution >= 4 is 17.2 Å². The maximum absolute atomic E-state index is 12.2. The highest BCUT2D eigenvalue weighted by Crippen LogP contribution is 2.25. The smallest absolute Gasteiger partial charge is 0.258 e. The van der Waals surface area contributed by atoms with E-state index in [2.05, 4.69) is 27.0 Å². The van der Waals surface area contributed by atoms with Gasteiger partial charge in [-0.15, -0.1) is 0 Å². The molecule has 0 saturated carbocycles. The van der Waals surface area contributed by atoms with E-state index in [1.807, 2.05) is 18.2 Å². The van der Waals surface area contributed by atoms with E-state index in [0.29, 0.717) is 18.0 Å². The van der Waals surface area contributed by atoms with Crippen LogP contribution in [0.4, 0.5) is 0 Å². The summed E-state index contributed by atoms with van der Waals surface area (Å²) in [5.41, 5.74) is 1.28. The van der Waals surface area contributed by atoms with Crippen LogP contribution in [0.15, 0.2) is 41.1 Å². The van der Waals surface area contributed by atoms with Gasteiger partial charge < -0.3 is 14.8 Å². The minimum absolute atomic E-state index is 0.00350. The van der Waals surface area contributed by atoms with Crippen LogP contribution in [0.25, 0.3) is 0 Å². The molecule has 0 aliphatic carbocycles. The van der Waals surface area contributed by atoms with E-state index < -0.39 is 0 Å². The SMILES string of the molecule is COc1cccc(OCC(=O)NCC(c2ccsc2)N2CCCCC2)c1. The van der Waals surface area contributed by atoms with Gasteiger partial charge in [0.1, 0.15) is 11.5 Å². The first-order chi connectivity index (χ1) is 12.8. The molecule has 1 unspecified atom stereocenters. The predicted molar refractivity (Wildman–Crippen MR) is 104 cm³/mol. The first-order valence-electron chi connectivity index (χ1n) is 9.06. The Morgan fingerprint density at radius 2 is 2.04 bits per heavy atom. The van der Waals surface area contributed by atoms with Crippen LogP contribution in [-0.2, 0) is 4.79 Å². The topological polar surface area (TPSA) is 50.8 Å². The number of benzene rings is 1. The number of hydrogen-bond donors (Lipinski definition) is 1. The summed E-state index contributed by atoms with van der Waals surface area (Å²) in [5, 5.41) is 7.31. The molecule has 1 fully saturated rings. The van der Waals surface area contributed by atoms with E-state index in [0.717, 1.165) is 13.1 Å². The van der Waals surface area contributed by atoms with Gasteiger partial charge in [-0.2, -0.15) is 11.3 Å². The van der Waals surface area contributed by atoms with Crippen LogP contribution in [0, 0.1) is 0 Å². The van der Waals surface area contributed by atoms with Crippen LogP contribution >= 0.6 is 11.3 Å². The summed E-state index contributed by atoms with van der Waals surface area (Å²) >= 11 is 1.70. The molecule has 1 aromatic carbocycles. The van der Waals surface area contributed by atoms with E-state index in [4.69, 9.17) is 9.47 Å². The van der Waals surface area contributed by atoms with Crippen molar-refractivity contribution in [2.45, 2.75) is 25.3 Å². The zero-order chi connectivity index (χ0) is 18.2. The van der Waals surface area contributed by atoms with Crippen LogP contribution in [0.5, 0.6) is 11.5 Å². The van der Waals surface area contributed by atoms with Crippen molar-refractivity contribution in [1.29, 1.82) is 0 Å². The number of ether oxygens (including phenoxy) is 2. The number of nitrogens with one attached hydrogen (secondary N) is 1. The lowest BCUT2D eigenvalue weighted by Gasteiger charge is -2.34. The third kappa shape index (κ3) is 5.22. The summed E-state index contributed by atoms with van der Waals surface area (Å²) in [6, 6.07) is 9.67. The first-order valence-corrected chi connectivity index (χ1v) is 10.0. The number of piperidine rings is 1. The summed E-state index contributed by atoms with van der Waals surface area (Å²) in [5.74, 6) is 1.24. The number of hydrogen-bond acceptors (Lipinski definition) is 5. The molecule has 5 nitrogen and oxygen atoms in total. The van der Waals surface area contributed by atoms with E-state index in [-0.39, 0.29) is 18.6 Å². The van der Waals surface area contributed by atoms with Gasteiger partial charge in [0.15, 0.2) is 6.61 Å². The minimum Gasteiger partial charge on any atom is -0.497 e. The average Bonchev–Trinajstić information content (AvgIpc) is 3.22. The fourth-order valence-electron chi connectivity index (χ4n) is 3.25. The van der Waals surface area contributed by atoms with Crippen LogP contribution < -0.4 is 14.8 Å². The number of rotatable bonds is 8. The van der Waals surface area contributed by atoms with Crippen LogP contribution in [0.2, 0.25) is 0 Å². The third-order valence-electron chi connectivity index (χ3n) is 4.66. The molecule has 1 aromatic heterocycles. The number of methoxy groups -OCH3 is 1. The summed E-state index contributed by atoms with van der Waals surface area (Å²) in [7, 11) is 1.61. The molecule has 1 aliphatic heterocycles. The van der Waals surface area contributed by atoms with Gasteiger partial charge in [-0.25, -0.2) is 0 Å². The van der Waals surface area contributed by atoms with Crippen molar-refractivity contribution in [1.82, 2.24) is 10.2 Å². The molecule has 3 rings (SSSR count). The summed E-state index contributed by atoms with van der Waals surface area (Å²) in [6.45, 7) is 2.80. The van der Waals surface area contributed by atoms with Gasteiger partial charge in [0.05, 0.1) is 13.2 Å². The van der Waals surface area contributed by atoms with Crippen LogP contribution in [-0.4, -0.2) is 44.2 Å². The van der Waals surface area contributed by atoms with Gasteiger partial charge in [0.2, 0.25) is 0 Å². The molecule has 0 bridgehead atoms. The number of carbonyl (C=O) groups is 1. The zero-order valence-electron chi connectivity index (χ0n) is 15.1. The monoisotopic (exact) mass is 374 g/mol. The first kappa shape index (κ1) is 18.7. The normalized spacial score (nSPS) is 16.0. The van der Waals surface area contributed by atoms with Gasteiger partial charge in [-0.05, 0) is 60.5 Å². The molecular weight excluding hydrogens is 348 g/mol. The molecule has 2 heterocycles.